The smallest absolute Gasteiger partial charge is 0.315 e. The van der Waals surface area contributed by atoms with E-state index in [1.54, 1.807) is 7.11 Å². The lowest BCUT2D eigenvalue weighted by Crippen LogP contribution is -2.50. The summed E-state index contributed by atoms with van der Waals surface area (Å²) in [6, 6.07) is 0.439. The third-order valence-corrected chi connectivity index (χ3v) is 4.62. The second-order valence-corrected chi connectivity index (χ2v) is 6.04. The van der Waals surface area contributed by atoms with E-state index in [1.807, 2.05) is 18.7 Å². The lowest BCUT2D eigenvalue weighted by Gasteiger charge is -2.31. The second-order valence-electron chi connectivity index (χ2n) is 4.97. The molecule has 1 rings (SSSR count). The maximum Gasteiger partial charge on any atom is 0.315 e. The van der Waals surface area contributed by atoms with E-state index in [-0.39, 0.29) is 12.1 Å². The van der Waals surface area contributed by atoms with Crippen LogP contribution in [0, 0.1) is 0 Å². The summed E-state index contributed by atoms with van der Waals surface area (Å²) in [5.41, 5.74) is 0. The normalized spacial score (nSPS) is 25.5. The number of hydrogen-bond acceptors (Lipinski definition) is 3. The molecule has 0 radical (unpaired) electrons. The molecule has 1 aliphatic carbocycles. The number of methoxy groups -OCH3 is 1. The van der Waals surface area contributed by atoms with E-state index < -0.39 is 0 Å². The zero-order valence-electron chi connectivity index (χ0n) is 11.7. The summed E-state index contributed by atoms with van der Waals surface area (Å²) >= 11 is 1.87. The minimum atomic E-state index is -0.0375. The van der Waals surface area contributed by atoms with Gasteiger partial charge in [0.1, 0.15) is 0 Å². The highest BCUT2D eigenvalue weighted by atomic mass is 32.2. The van der Waals surface area contributed by atoms with Crippen molar-refractivity contribution in [3.05, 3.63) is 0 Å². The number of thioether (sulfide) groups is 1. The molecule has 2 N–H and O–H groups in total. The van der Waals surface area contributed by atoms with Gasteiger partial charge < -0.3 is 15.4 Å². The summed E-state index contributed by atoms with van der Waals surface area (Å²) in [6.07, 6.45) is 7.80. The number of nitrogens with one attached hydrogen (secondary N) is 2. The highest BCUT2D eigenvalue weighted by Crippen LogP contribution is 2.26. The van der Waals surface area contributed by atoms with Gasteiger partial charge in [-0.05, 0) is 32.4 Å². The largest absolute Gasteiger partial charge is 0.385 e. The van der Waals surface area contributed by atoms with Crippen molar-refractivity contribution in [2.45, 2.75) is 56.4 Å². The van der Waals surface area contributed by atoms with E-state index in [0.29, 0.717) is 17.9 Å². The van der Waals surface area contributed by atoms with Crippen molar-refractivity contribution in [3.8, 4) is 0 Å². The van der Waals surface area contributed by atoms with E-state index in [1.165, 1.54) is 19.3 Å². The number of hydrogen-bond donors (Lipinski definition) is 2. The molecule has 106 valence electrons. The van der Waals surface area contributed by atoms with E-state index in [9.17, 15) is 4.79 Å². The summed E-state index contributed by atoms with van der Waals surface area (Å²) in [6.45, 7) is 2.68. The molecule has 0 saturated heterocycles. The second kappa shape index (κ2) is 8.64. The first-order valence-electron chi connectivity index (χ1n) is 6.76. The van der Waals surface area contributed by atoms with Crippen LogP contribution in [0.2, 0.25) is 0 Å². The standard InChI is InChI=1S/C13H26N2O2S/c1-10(8-9-17-2)14-13(16)15-11-6-4-5-7-12(11)18-3/h10-12H,4-9H2,1-3H3,(H2,14,15,16)/t10-,11+,12-/m0/s1. The molecule has 4 nitrogen and oxygen atoms in total. The van der Waals surface area contributed by atoms with Gasteiger partial charge >= 0.3 is 6.03 Å². The first-order chi connectivity index (χ1) is 8.67. The molecule has 5 heteroatoms. The number of rotatable bonds is 6. The lowest BCUT2D eigenvalue weighted by atomic mass is 9.95. The van der Waals surface area contributed by atoms with E-state index in [2.05, 4.69) is 16.9 Å². The molecule has 0 aromatic heterocycles. The number of urea groups is 1. The Bertz CT molecular complexity index is 251. The van der Waals surface area contributed by atoms with Crippen LogP contribution in [0.1, 0.15) is 39.0 Å². The topological polar surface area (TPSA) is 50.4 Å². The Hall–Kier alpha value is -0.420. The molecule has 0 unspecified atom stereocenters. The van der Waals surface area contributed by atoms with Crippen LogP contribution in [0.3, 0.4) is 0 Å². The fourth-order valence-corrected chi connectivity index (χ4v) is 3.28. The van der Waals surface area contributed by atoms with Crippen molar-refractivity contribution in [2.24, 2.45) is 0 Å². The Morgan fingerprint density at radius 1 is 1.44 bits per heavy atom. The molecule has 3 atom stereocenters. The van der Waals surface area contributed by atoms with Crippen molar-refractivity contribution in [1.82, 2.24) is 10.6 Å². The van der Waals surface area contributed by atoms with Crippen LogP contribution in [0.15, 0.2) is 0 Å². The van der Waals surface area contributed by atoms with Gasteiger partial charge in [-0.3, -0.25) is 0 Å². The van der Waals surface area contributed by atoms with Crippen LogP contribution in [0.25, 0.3) is 0 Å². The van der Waals surface area contributed by atoms with Gasteiger partial charge in [0.05, 0.1) is 0 Å². The number of amides is 2. The Balaban J connectivity index is 2.29. The molecule has 2 amide bonds. The zero-order chi connectivity index (χ0) is 13.4. The van der Waals surface area contributed by atoms with Crippen LogP contribution in [0.4, 0.5) is 4.79 Å². The summed E-state index contributed by atoms with van der Waals surface area (Å²) in [5, 5.41) is 6.65. The third kappa shape index (κ3) is 5.48. The summed E-state index contributed by atoms with van der Waals surface area (Å²) in [4.78, 5) is 11.9. The molecular formula is C13H26N2O2S. The number of carbonyl (C=O) groups is 1. The highest BCUT2D eigenvalue weighted by molar-refractivity contribution is 7.99. The van der Waals surface area contributed by atoms with Crippen molar-refractivity contribution < 1.29 is 9.53 Å². The van der Waals surface area contributed by atoms with E-state index in [0.717, 1.165) is 12.8 Å². The van der Waals surface area contributed by atoms with Gasteiger partial charge in [0.2, 0.25) is 0 Å². The highest BCUT2D eigenvalue weighted by Gasteiger charge is 2.25. The summed E-state index contributed by atoms with van der Waals surface area (Å²) in [5.74, 6) is 0. The number of carbonyl (C=O) groups excluding carboxylic acids is 1. The van der Waals surface area contributed by atoms with Crippen LogP contribution < -0.4 is 10.6 Å². The van der Waals surface area contributed by atoms with Gasteiger partial charge in [-0.2, -0.15) is 11.8 Å². The van der Waals surface area contributed by atoms with Gasteiger partial charge in [-0.25, -0.2) is 4.79 Å². The summed E-state index contributed by atoms with van der Waals surface area (Å²) in [7, 11) is 1.68. The molecule has 1 fully saturated rings. The maximum atomic E-state index is 11.9. The van der Waals surface area contributed by atoms with Gasteiger partial charge in [0.15, 0.2) is 0 Å². The van der Waals surface area contributed by atoms with Crippen LogP contribution in [0.5, 0.6) is 0 Å². The van der Waals surface area contributed by atoms with Gasteiger partial charge in [-0.1, -0.05) is 12.8 Å². The molecule has 0 aromatic rings. The quantitative estimate of drug-likeness (QED) is 0.782. The lowest BCUT2D eigenvalue weighted by molar-refractivity contribution is 0.183. The molecular weight excluding hydrogens is 248 g/mol. The SMILES string of the molecule is COCC[C@H](C)NC(=O)N[C@@H]1CCCC[C@@H]1SC. The van der Waals surface area contributed by atoms with Crippen molar-refractivity contribution in [3.63, 3.8) is 0 Å². The third-order valence-electron chi connectivity index (χ3n) is 3.45. The van der Waals surface area contributed by atoms with E-state index in [4.69, 9.17) is 4.74 Å². The average Bonchev–Trinajstić information content (AvgIpc) is 2.36. The molecule has 0 aromatic carbocycles. The minimum absolute atomic E-state index is 0.0375. The molecule has 0 bridgehead atoms. The van der Waals surface area contributed by atoms with Crippen molar-refractivity contribution in [1.29, 1.82) is 0 Å². The van der Waals surface area contributed by atoms with Crippen LogP contribution in [-0.4, -0.2) is 43.3 Å². The summed E-state index contributed by atoms with van der Waals surface area (Å²) < 4.78 is 5.00. The molecule has 0 heterocycles. The molecule has 18 heavy (non-hydrogen) atoms. The van der Waals surface area contributed by atoms with Gasteiger partial charge in [-0.15, -0.1) is 0 Å². The molecule has 0 aliphatic heterocycles. The van der Waals surface area contributed by atoms with Gasteiger partial charge in [0.25, 0.3) is 0 Å². The Morgan fingerprint density at radius 2 is 2.17 bits per heavy atom. The Kier molecular flexibility index (Phi) is 7.51. The fraction of sp³-hybridized carbons (Fsp3) is 0.923. The Labute approximate surface area is 115 Å². The zero-order valence-corrected chi connectivity index (χ0v) is 12.5. The maximum absolute atomic E-state index is 11.9. The first-order valence-corrected chi connectivity index (χ1v) is 8.05. The van der Waals surface area contributed by atoms with Crippen molar-refractivity contribution in [2.75, 3.05) is 20.0 Å². The predicted molar refractivity (Wildman–Crippen MR) is 77.2 cm³/mol. The number of ether oxygens (including phenoxy) is 1. The molecule has 1 saturated carbocycles. The van der Waals surface area contributed by atoms with Crippen LogP contribution in [-0.2, 0) is 4.74 Å². The predicted octanol–water partition coefficient (Wildman–Crippen LogP) is 2.38. The first kappa shape index (κ1) is 15.6. The van der Waals surface area contributed by atoms with Crippen LogP contribution >= 0.6 is 11.8 Å². The Morgan fingerprint density at radius 3 is 2.83 bits per heavy atom. The van der Waals surface area contributed by atoms with E-state index >= 15 is 0 Å². The minimum Gasteiger partial charge on any atom is -0.385 e. The fourth-order valence-electron chi connectivity index (χ4n) is 2.34. The monoisotopic (exact) mass is 274 g/mol. The van der Waals surface area contributed by atoms with Crippen molar-refractivity contribution >= 4 is 17.8 Å². The average molecular weight is 274 g/mol. The molecule has 1 aliphatic rings. The molecule has 0 spiro atoms. The van der Waals surface area contributed by atoms with Gasteiger partial charge in [0, 0.05) is 31.1 Å².